The Kier molecular flexibility index (Phi) is 4.03. The molecule has 0 atom stereocenters. The third-order valence-corrected chi connectivity index (χ3v) is 2.98. The first-order chi connectivity index (χ1) is 9.45. The first-order valence-electron chi connectivity index (χ1n) is 6.29. The van der Waals surface area contributed by atoms with E-state index in [1.807, 2.05) is 26.0 Å². The number of anilines is 1. The lowest BCUT2D eigenvalue weighted by Gasteiger charge is -2.09. The van der Waals surface area contributed by atoms with Crippen LogP contribution in [0.5, 0.6) is 0 Å². The Balaban J connectivity index is 2.11. The highest BCUT2D eigenvalue weighted by atomic mass is 19.1. The van der Waals surface area contributed by atoms with Crippen molar-refractivity contribution < 1.29 is 14.3 Å². The van der Waals surface area contributed by atoms with Crippen LogP contribution in [0.3, 0.4) is 0 Å². The van der Waals surface area contributed by atoms with Gasteiger partial charge < -0.3 is 10.4 Å². The minimum absolute atomic E-state index is 0.305. The molecule has 2 aromatic carbocycles. The zero-order valence-electron chi connectivity index (χ0n) is 11.4. The maximum Gasteiger partial charge on any atom is 0.338 e. The van der Waals surface area contributed by atoms with Gasteiger partial charge in [0.25, 0.3) is 0 Å². The number of halogens is 1. The Hall–Kier alpha value is -2.36. The molecule has 3 nitrogen and oxygen atoms in total. The molecule has 104 valence electrons. The van der Waals surface area contributed by atoms with E-state index in [0.29, 0.717) is 12.1 Å². The van der Waals surface area contributed by atoms with Gasteiger partial charge in [-0.2, -0.15) is 0 Å². The third kappa shape index (κ3) is 3.35. The molecule has 2 N–H and O–H groups in total. The SMILES string of the molecule is Cc1cc(C)cc(NCc2ccc(C(=O)O)c(F)c2)c1. The first kappa shape index (κ1) is 14.1. The normalized spacial score (nSPS) is 10.3. The predicted octanol–water partition coefficient (Wildman–Crippen LogP) is 3.75. The summed E-state index contributed by atoms with van der Waals surface area (Å²) in [5, 5.41) is 12.0. The van der Waals surface area contributed by atoms with Crippen LogP contribution in [0.2, 0.25) is 0 Å². The number of hydrogen-bond acceptors (Lipinski definition) is 2. The molecule has 0 aromatic heterocycles. The van der Waals surface area contributed by atoms with Crippen molar-refractivity contribution in [1.29, 1.82) is 0 Å². The first-order valence-corrected chi connectivity index (χ1v) is 6.29. The molecule has 0 radical (unpaired) electrons. The Labute approximate surface area is 117 Å². The summed E-state index contributed by atoms with van der Waals surface area (Å²) >= 11 is 0. The monoisotopic (exact) mass is 273 g/mol. The Morgan fingerprint density at radius 1 is 1.15 bits per heavy atom. The van der Waals surface area contributed by atoms with Gasteiger partial charge in [-0.25, -0.2) is 9.18 Å². The maximum absolute atomic E-state index is 13.5. The van der Waals surface area contributed by atoms with Crippen molar-refractivity contribution in [2.24, 2.45) is 0 Å². The Bertz CT molecular complexity index is 633. The fraction of sp³-hybridized carbons (Fsp3) is 0.188. The smallest absolute Gasteiger partial charge is 0.338 e. The summed E-state index contributed by atoms with van der Waals surface area (Å²) in [7, 11) is 0. The van der Waals surface area contributed by atoms with Gasteiger partial charge >= 0.3 is 5.97 Å². The van der Waals surface area contributed by atoms with Crippen molar-refractivity contribution in [3.05, 3.63) is 64.5 Å². The van der Waals surface area contributed by atoms with Gasteiger partial charge in [0.2, 0.25) is 0 Å². The maximum atomic E-state index is 13.5. The Morgan fingerprint density at radius 2 is 1.80 bits per heavy atom. The molecule has 0 saturated carbocycles. The van der Waals surface area contributed by atoms with Crippen molar-refractivity contribution in [3.8, 4) is 0 Å². The van der Waals surface area contributed by atoms with Crippen LogP contribution in [0, 0.1) is 19.7 Å². The van der Waals surface area contributed by atoms with Gasteiger partial charge in [-0.05, 0) is 54.8 Å². The van der Waals surface area contributed by atoms with E-state index < -0.39 is 11.8 Å². The van der Waals surface area contributed by atoms with Gasteiger partial charge in [0, 0.05) is 12.2 Å². The lowest BCUT2D eigenvalue weighted by atomic mass is 10.1. The molecular weight excluding hydrogens is 257 g/mol. The zero-order chi connectivity index (χ0) is 14.7. The summed E-state index contributed by atoms with van der Waals surface area (Å²) in [6, 6.07) is 10.2. The molecule has 0 aliphatic rings. The minimum atomic E-state index is -1.25. The summed E-state index contributed by atoms with van der Waals surface area (Å²) in [6.45, 7) is 4.47. The van der Waals surface area contributed by atoms with Crippen molar-refractivity contribution in [1.82, 2.24) is 0 Å². The standard InChI is InChI=1S/C16H16FNO2/c1-10-5-11(2)7-13(6-10)18-9-12-3-4-14(16(19)20)15(17)8-12/h3-8,18H,9H2,1-2H3,(H,19,20). The summed E-state index contributed by atoms with van der Waals surface area (Å²) < 4.78 is 13.5. The second-order valence-electron chi connectivity index (χ2n) is 4.85. The molecule has 2 aromatic rings. The van der Waals surface area contributed by atoms with Crippen LogP contribution in [0.15, 0.2) is 36.4 Å². The molecule has 0 spiro atoms. The second-order valence-corrected chi connectivity index (χ2v) is 4.85. The van der Waals surface area contributed by atoms with Gasteiger partial charge in [-0.3, -0.25) is 0 Å². The third-order valence-electron chi connectivity index (χ3n) is 2.98. The summed E-state index contributed by atoms with van der Waals surface area (Å²) in [6.07, 6.45) is 0. The number of aromatic carboxylic acids is 1. The van der Waals surface area contributed by atoms with Crippen LogP contribution >= 0.6 is 0 Å². The van der Waals surface area contributed by atoms with E-state index in [9.17, 15) is 9.18 Å². The fourth-order valence-corrected chi connectivity index (χ4v) is 2.12. The van der Waals surface area contributed by atoms with Gasteiger partial charge in [-0.15, -0.1) is 0 Å². The van der Waals surface area contributed by atoms with Crippen LogP contribution in [-0.4, -0.2) is 11.1 Å². The zero-order valence-corrected chi connectivity index (χ0v) is 11.4. The summed E-state index contributed by atoms with van der Waals surface area (Å²) in [4.78, 5) is 10.7. The number of carboxylic acids is 1. The van der Waals surface area contributed by atoms with Crippen molar-refractivity contribution in [3.63, 3.8) is 0 Å². The van der Waals surface area contributed by atoms with Gasteiger partial charge in [0.15, 0.2) is 0 Å². The van der Waals surface area contributed by atoms with Crippen LogP contribution in [0.4, 0.5) is 10.1 Å². The van der Waals surface area contributed by atoms with Crippen molar-refractivity contribution in [2.45, 2.75) is 20.4 Å². The highest BCUT2D eigenvalue weighted by Crippen LogP contribution is 2.16. The number of benzene rings is 2. The molecule has 20 heavy (non-hydrogen) atoms. The van der Waals surface area contributed by atoms with Crippen molar-refractivity contribution in [2.75, 3.05) is 5.32 Å². The Morgan fingerprint density at radius 3 is 2.35 bits per heavy atom. The van der Waals surface area contributed by atoms with E-state index in [0.717, 1.165) is 16.8 Å². The molecular formula is C16H16FNO2. The van der Waals surface area contributed by atoms with Crippen LogP contribution < -0.4 is 5.32 Å². The van der Waals surface area contributed by atoms with E-state index in [1.54, 1.807) is 6.07 Å². The molecule has 4 heteroatoms. The molecule has 0 fully saturated rings. The highest BCUT2D eigenvalue weighted by molar-refractivity contribution is 5.87. The predicted molar refractivity (Wildman–Crippen MR) is 76.6 cm³/mol. The molecule has 0 unspecified atom stereocenters. The quantitative estimate of drug-likeness (QED) is 0.891. The molecule has 0 amide bonds. The van der Waals surface area contributed by atoms with Crippen LogP contribution in [-0.2, 0) is 6.54 Å². The van der Waals surface area contributed by atoms with E-state index in [2.05, 4.69) is 11.4 Å². The van der Waals surface area contributed by atoms with E-state index in [-0.39, 0.29) is 5.56 Å². The molecule has 0 aliphatic carbocycles. The second kappa shape index (κ2) is 5.74. The number of aryl methyl sites for hydroxylation is 2. The summed E-state index contributed by atoms with van der Waals surface area (Å²) in [5.74, 6) is -1.96. The largest absolute Gasteiger partial charge is 0.478 e. The fourth-order valence-electron chi connectivity index (χ4n) is 2.12. The number of rotatable bonds is 4. The highest BCUT2D eigenvalue weighted by Gasteiger charge is 2.10. The average Bonchev–Trinajstić information content (AvgIpc) is 2.35. The number of nitrogens with one attached hydrogen (secondary N) is 1. The van der Waals surface area contributed by atoms with Crippen LogP contribution in [0.25, 0.3) is 0 Å². The molecule has 0 bridgehead atoms. The molecule has 0 heterocycles. The van der Waals surface area contributed by atoms with Gasteiger partial charge in [0.05, 0.1) is 5.56 Å². The number of hydrogen-bond donors (Lipinski definition) is 2. The van der Waals surface area contributed by atoms with E-state index in [1.165, 1.54) is 12.1 Å². The van der Waals surface area contributed by atoms with Crippen LogP contribution in [0.1, 0.15) is 27.0 Å². The van der Waals surface area contributed by atoms with E-state index >= 15 is 0 Å². The number of carbonyl (C=O) groups is 1. The van der Waals surface area contributed by atoms with Crippen molar-refractivity contribution >= 4 is 11.7 Å². The van der Waals surface area contributed by atoms with E-state index in [4.69, 9.17) is 5.11 Å². The lowest BCUT2D eigenvalue weighted by molar-refractivity contribution is 0.0692. The molecule has 0 aliphatic heterocycles. The summed E-state index contributed by atoms with van der Waals surface area (Å²) in [5.41, 5.74) is 3.66. The molecule has 2 rings (SSSR count). The number of carboxylic acid groups (broad SMARTS) is 1. The van der Waals surface area contributed by atoms with Gasteiger partial charge in [-0.1, -0.05) is 12.1 Å². The minimum Gasteiger partial charge on any atom is -0.478 e. The topological polar surface area (TPSA) is 49.3 Å². The average molecular weight is 273 g/mol. The lowest BCUT2D eigenvalue weighted by Crippen LogP contribution is -2.04. The van der Waals surface area contributed by atoms with Gasteiger partial charge in [0.1, 0.15) is 5.82 Å². The molecule has 0 saturated heterocycles.